The van der Waals surface area contributed by atoms with E-state index in [2.05, 4.69) is 33.8 Å². The van der Waals surface area contributed by atoms with Crippen molar-refractivity contribution in [3.05, 3.63) is 28.2 Å². The van der Waals surface area contributed by atoms with Crippen molar-refractivity contribution >= 4 is 21.6 Å². The number of anilines is 1. The first-order chi connectivity index (χ1) is 7.59. The molecule has 2 rings (SSSR count). The molecule has 1 fully saturated rings. The zero-order chi connectivity index (χ0) is 11.7. The lowest BCUT2D eigenvalue weighted by molar-refractivity contribution is 0.199. The van der Waals surface area contributed by atoms with Crippen LogP contribution in [0.25, 0.3) is 0 Å². The normalized spacial score (nSPS) is 22.5. The van der Waals surface area contributed by atoms with Crippen molar-refractivity contribution in [2.75, 3.05) is 11.4 Å². The number of aliphatic hydroxyl groups is 1. The van der Waals surface area contributed by atoms with Gasteiger partial charge in [-0.15, -0.1) is 0 Å². The van der Waals surface area contributed by atoms with Crippen molar-refractivity contribution in [1.82, 2.24) is 0 Å². The quantitative estimate of drug-likeness (QED) is 0.898. The molecule has 1 saturated heterocycles. The first-order valence-corrected chi connectivity index (χ1v) is 6.63. The van der Waals surface area contributed by atoms with Crippen LogP contribution in [0.5, 0.6) is 0 Å². The molecule has 88 valence electrons. The molecule has 16 heavy (non-hydrogen) atoms. The topological polar surface area (TPSA) is 23.5 Å². The summed E-state index contributed by atoms with van der Waals surface area (Å²) in [6.07, 6.45) is 2.08. The summed E-state index contributed by atoms with van der Waals surface area (Å²) in [5.74, 6) is 0. The van der Waals surface area contributed by atoms with Gasteiger partial charge in [0.25, 0.3) is 0 Å². The molecule has 2 unspecified atom stereocenters. The molecule has 0 saturated carbocycles. The maximum Gasteiger partial charge on any atom is 0.0782 e. The third-order valence-corrected chi connectivity index (χ3v) is 3.80. The van der Waals surface area contributed by atoms with Gasteiger partial charge in [-0.3, -0.25) is 0 Å². The van der Waals surface area contributed by atoms with Crippen LogP contribution in [0.1, 0.15) is 38.4 Å². The average molecular weight is 284 g/mol. The van der Waals surface area contributed by atoms with Crippen molar-refractivity contribution in [3.8, 4) is 0 Å². The largest absolute Gasteiger partial charge is 0.389 e. The fraction of sp³-hybridized carbons (Fsp3) is 0.538. The van der Waals surface area contributed by atoms with Crippen LogP contribution >= 0.6 is 15.9 Å². The van der Waals surface area contributed by atoms with E-state index in [0.717, 1.165) is 16.6 Å². The van der Waals surface area contributed by atoms with Gasteiger partial charge in [-0.2, -0.15) is 0 Å². The highest BCUT2D eigenvalue weighted by atomic mass is 79.9. The Kier molecular flexibility index (Phi) is 3.55. The summed E-state index contributed by atoms with van der Waals surface area (Å²) >= 11 is 3.50. The number of hydrogen-bond acceptors (Lipinski definition) is 2. The molecule has 1 aromatic carbocycles. The number of benzene rings is 1. The second-order valence-electron chi connectivity index (χ2n) is 4.56. The zero-order valence-electron chi connectivity index (χ0n) is 9.78. The third-order valence-electron chi connectivity index (χ3n) is 3.30. The summed E-state index contributed by atoms with van der Waals surface area (Å²) in [5, 5.41) is 9.80. The standard InChI is InChI=1S/C13H18BrNO/c1-9-4-3-7-15(9)13-8-11(14)5-6-12(13)10(2)16/h5-6,8-10,16H,3-4,7H2,1-2H3. The molecule has 1 N–H and O–H groups in total. The second kappa shape index (κ2) is 4.76. The lowest BCUT2D eigenvalue weighted by Crippen LogP contribution is -2.27. The Morgan fingerprint density at radius 2 is 2.25 bits per heavy atom. The SMILES string of the molecule is CC(O)c1ccc(Br)cc1N1CCCC1C. The van der Waals surface area contributed by atoms with E-state index in [4.69, 9.17) is 0 Å². The van der Waals surface area contributed by atoms with Crippen LogP contribution in [-0.4, -0.2) is 17.7 Å². The molecule has 0 aliphatic carbocycles. The van der Waals surface area contributed by atoms with Crippen LogP contribution in [0.4, 0.5) is 5.69 Å². The summed E-state index contributed by atoms with van der Waals surface area (Å²) < 4.78 is 1.08. The molecular formula is C13H18BrNO. The summed E-state index contributed by atoms with van der Waals surface area (Å²) in [6, 6.07) is 6.69. The van der Waals surface area contributed by atoms with E-state index < -0.39 is 6.10 Å². The van der Waals surface area contributed by atoms with E-state index in [1.54, 1.807) is 0 Å². The van der Waals surface area contributed by atoms with Crippen LogP contribution in [0.2, 0.25) is 0 Å². The summed E-state index contributed by atoms with van der Waals surface area (Å²) in [5.41, 5.74) is 2.20. The van der Waals surface area contributed by atoms with Crippen LogP contribution in [0, 0.1) is 0 Å². The summed E-state index contributed by atoms with van der Waals surface area (Å²) in [6.45, 7) is 5.17. The van der Waals surface area contributed by atoms with Gasteiger partial charge in [-0.1, -0.05) is 22.0 Å². The van der Waals surface area contributed by atoms with Crippen LogP contribution in [-0.2, 0) is 0 Å². The molecule has 2 nitrogen and oxygen atoms in total. The smallest absolute Gasteiger partial charge is 0.0782 e. The van der Waals surface area contributed by atoms with Gasteiger partial charge in [0.15, 0.2) is 0 Å². The van der Waals surface area contributed by atoms with Crippen molar-refractivity contribution in [3.63, 3.8) is 0 Å². The van der Waals surface area contributed by atoms with Crippen molar-refractivity contribution in [2.45, 2.75) is 38.8 Å². The molecule has 0 bridgehead atoms. The number of nitrogens with zero attached hydrogens (tertiary/aromatic N) is 1. The lowest BCUT2D eigenvalue weighted by Gasteiger charge is -2.27. The number of halogens is 1. The monoisotopic (exact) mass is 283 g/mol. The minimum absolute atomic E-state index is 0.407. The van der Waals surface area contributed by atoms with Crippen LogP contribution < -0.4 is 4.90 Å². The highest BCUT2D eigenvalue weighted by Gasteiger charge is 2.23. The van der Waals surface area contributed by atoms with E-state index in [0.29, 0.717) is 6.04 Å². The molecule has 0 radical (unpaired) electrons. The van der Waals surface area contributed by atoms with E-state index in [9.17, 15) is 5.11 Å². The van der Waals surface area contributed by atoms with Gasteiger partial charge >= 0.3 is 0 Å². The maximum atomic E-state index is 9.80. The fourth-order valence-electron chi connectivity index (χ4n) is 2.41. The molecule has 1 aliphatic rings. The molecule has 1 aromatic rings. The van der Waals surface area contributed by atoms with Gasteiger partial charge in [0, 0.05) is 28.3 Å². The molecule has 1 heterocycles. The summed E-state index contributed by atoms with van der Waals surface area (Å²) in [7, 11) is 0. The van der Waals surface area contributed by atoms with Crippen LogP contribution in [0.15, 0.2) is 22.7 Å². The minimum Gasteiger partial charge on any atom is -0.389 e. The highest BCUT2D eigenvalue weighted by molar-refractivity contribution is 9.10. The van der Waals surface area contributed by atoms with E-state index in [1.165, 1.54) is 18.5 Å². The van der Waals surface area contributed by atoms with Crippen molar-refractivity contribution in [2.24, 2.45) is 0 Å². The Labute approximate surface area is 105 Å². The first-order valence-electron chi connectivity index (χ1n) is 5.83. The Hall–Kier alpha value is -0.540. The van der Waals surface area contributed by atoms with Gasteiger partial charge in [-0.25, -0.2) is 0 Å². The zero-order valence-corrected chi connectivity index (χ0v) is 11.4. The Bertz CT molecular complexity index is 378. The van der Waals surface area contributed by atoms with Crippen molar-refractivity contribution < 1.29 is 5.11 Å². The number of hydrogen-bond donors (Lipinski definition) is 1. The predicted molar refractivity (Wildman–Crippen MR) is 70.8 cm³/mol. The molecule has 0 spiro atoms. The lowest BCUT2D eigenvalue weighted by atomic mass is 10.1. The fourth-order valence-corrected chi connectivity index (χ4v) is 2.76. The minimum atomic E-state index is -0.407. The number of rotatable bonds is 2. The molecule has 0 amide bonds. The Morgan fingerprint density at radius 3 is 2.81 bits per heavy atom. The average Bonchev–Trinajstić information content (AvgIpc) is 2.63. The molecule has 2 atom stereocenters. The van der Waals surface area contributed by atoms with Gasteiger partial charge < -0.3 is 10.0 Å². The van der Waals surface area contributed by atoms with E-state index in [1.807, 2.05) is 19.1 Å². The molecule has 1 aliphatic heterocycles. The maximum absolute atomic E-state index is 9.80. The predicted octanol–water partition coefficient (Wildman–Crippen LogP) is 3.49. The Balaban J connectivity index is 2.40. The van der Waals surface area contributed by atoms with Gasteiger partial charge in [0.1, 0.15) is 0 Å². The van der Waals surface area contributed by atoms with Gasteiger partial charge in [-0.05, 0) is 38.8 Å². The summed E-state index contributed by atoms with van der Waals surface area (Å²) in [4.78, 5) is 2.40. The number of aliphatic hydroxyl groups excluding tert-OH is 1. The molecule has 0 aromatic heterocycles. The molecule has 3 heteroatoms. The highest BCUT2D eigenvalue weighted by Crippen LogP contribution is 2.34. The Morgan fingerprint density at radius 1 is 1.50 bits per heavy atom. The molecular weight excluding hydrogens is 266 g/mol. The van der Waals surface area contributed by atoms with Crippen LogP contribution in [0.3, 0.4) is 0 Å². The second-order valence-corrected chi connectivity index (χ2v) is 5.48. The van der Waals surface area contributed by atoms with E-state index >= 15 is 0 Å². The third kappa shape index (κ3) is 2.25. The first kappa shape index (κ1) is 11.9. The van der Waals surface area contributed by atoms with Gasteiger partial charge in [0.2, 0.25) is 0 Å². The van der Waals surface area contributed by atoms with Crippen molar-refractivity contribution in [1.29, 1.82) is 0 Å². The van der Waals surface area contributed by atoms with E-state index in [-0.39, 0.29) is 0 Å². The van der Waals surface area contributed by atoms with Gasteiger partial charge in [0.05, 0.1) is 6.10 Å².